The summed E-state index contributed by atoms with van der Waals surface area (Å²) >= 11 is 0. The van der Waals surface area contributed by atoms with E-state index in [4.69, 9.17) is 0 Å². The Balaban J connectivity index is 1.98. The number of aliphatic imine (C=N–C) groups is 1. The van der Waals surface area contributed by atoms with Crippen molar-refractivity contribution in [2.24, 2.45) is 10.9 Å². The number of guanidine groups is 1. The third kappa shape index (κ3) is 6.16. The molecule has 0 spiro atoms. The van der Waals surface area contributed by atoms with E-state index in [1.54, 1.807) is 6.07 Å². The van der Waals surface area contributed by atoms with E-state index < -0.39 is 0 Å². The second kappa shape index (κ2) is 10.4. The van der Waals surface area contributed by atoms with Gasteiger partial charge in [0.2, 0.25) is 0 Å². The number of hydrogen-bond acceptors (Lipinski definition) is 3. The molecular formula is C20H34FN5. The molecule has 1 saturated heterocycles. The summed E-state index contributed by atoms with van der Waals surface area (Å²) in [5.74, 6) is 1.17. The van der Waals surface area contributed by atoms with E-state index in [2.05, 4.69) is 46.2 Å². The Labute approximate surface area is 157 Å². The van der Waals surface area contributed by atoms with Gasteiger partial charge in [-0.3, -0.25) is 0 Å². The molecule has 0 radical (unpaired) electrons. The lowest BCUT2D eigenvalue weighted by molar-refractivity contribution is 0.270. The van der Waals surface area contributed by atoms with Gasteiger partial charge in [-0.2, -0.15) is 0 Å². The number of hydrogen-bond donors (Lipinski definition) is 2. The minimum atomic E-state index is -0.150. The van der Waals surface area contributed by atoms with Crippen LogP contribution in [0.2, 0.25) is 0 Å². The Morgan fingerprint density at radius 1 is 1.15 bits per heavy atom. The molecule has 5 nitrogen and oxygen atoms in total. The van der Waals surface area contributed by atoms with E-state index in [1.807, 2.05) is 19.1 Å². The normalized spacial score (nSPS) is 16.2. The summed E-state index contributed by atoms with van der Waals surface area (Å²) in [6.07, 6.45) is 0. The maximum Gasteiger partial charge on any atom is 0.191 e. The number of piperazine rings is 1. The fraction of sp³-hybridized carbons (Fsp3) is 0.650. The molecule has 0 aromatic heterocycles. The topological polar surface area (TPSA) is 42.9 Å². The first kappa shape index (κ1) is 20.5. The first-order valence-electron chi connectivity index (χ1n) is 9.81. The Morgan fingerprint density at radius 3 is 2.46 bits per heavy atom. The van der Waals surface area contributed by atoms with Crippen LogP contribution in [0, 0.1) is 11.7 Å². The monoisotopic (exact) mass is 363 g/mol. The third-order valence-corrected chi connectivity index (χ3v) is 4.61. The minimum Gasteiger partial charge on any atom is -0.367 e. The van der Waals surface area contributed by atoms with E-state index in [0.29, 0.717) is 18.2 Å². The number of anilines is 1. The molecule has 2 N–H and O–H groups in total. The fourth-order valence-electron chi connectivity index (χ4n) is 3.02. The molecule has 0 atom stereocenters. The van der Waals surface area contributed by atoms with Gasteiger partial charge in [-0.1, -0.05) is 26.8 Å². The zero-order valence-electron chi connectivity index (χ0n) is 16.7. The Kier molecular flexibility index (Phi) is 8.16. The second-order valence-corrected chi connectivity index (χ2v) is 7.18. The first-order valence-corrected chi connectivity index (χ1v) is 9.81. The molecule has 6 heteroatoms. The molecule has 0 unspecified atom stereocenters. The number of rotatable bonds is 7. The van der Waals surface area contributed by atoms with E-state index in [-0.39, 0.29) is 5.82 Å². The second-order valence-electron chi connectivity index (χ2n) is 7.18. The zero-order chi connectivity index (χ0) is 18.9. The van der Waals surface area contributed by atoms with Crippen molar-refractivity contribution in [1.29, 1.82) is 0 Å². The van der Waals surface area contributed by atoms with Gasteiger partial charge in [0.25, 0.3) is 0 Å². The number of nitrogens with zero attached hydrogens (tertiary/aromatic N) is 3. The summed E-state index contributed by atoms with van der Waals surface area (Å²) in [7, 11) is 0. The lowest BCUT2D eigenvalue weighted by Gasteiger charge is -2.35. The molecule has 1 aliphatic heterocycles. The summed E-state index contributed by atoms with van der Waals surface area (Å²) in [5, 5.41) is 6.54. The summed E-state index contributed by atoms with van der Waals surface area (Å²) < 4.78 is 14.6. The van der Waals surface area contributed by atoms with Crippen LogP contribution >= 0.6 is 0 Å². The standard InChI is InChI=1S/C20H34FN5/c1-5-22-20(23-14-16(3)4)24-15-17-7-8-19(18(21)13-17)26-11-9-25(6-2)10-12-26/h7-8,13,16H,5-6,9-12,14-15H2,1-4H3,(H2,22,23,24). The molecule has 1 aromatic rings. The van der Waals surface area contributed by atoms with Crippen LogP contribution < -0.4 is 15.5 Å². The number of nitrogens with one attached hydrogen (secondary N) is 2. The van der Waals surface area contributed by atoms with Crippen molar-refractivity contribution in [3.05, 3.63) is 29.6 Å². The van der Waals surface area contributed by atoms with Gasteiger partial charge >= 0.3 is 0 Å². The van der Waals surface area contributed by atoms with Crippen LogP contribution in [0.25, 0.3) is 0 Å². The van der Waals surface area contributed by atoms with Gasteiger partial charge in [0.15, 0.2) is 5.96 Å². The van der Waals surface area contributed by atoms with Crippen LogP contribution in [-0.4, -0.2) is 56.7 Å². The van der Waals surface area contributed by atoms with Gasteiger partial charge in [0, 0.05) is 39.3 Å². The smallest absolute Gasteiger partial charge is 0.191 e. The van der Waals surface area contributed by atoms with Crippen molar-refractivity contribution in [1.82, 2.24) is 15.5 Å². The molecule has 0 saturated carbocycles. The summed E-state index contributed by atoms with van der Waals surface area (Å²) in [6, 6.07) is 5.51. The van der Waals surface area contributed by atoms with Gasteiger partial charge in [-0.15, -0.1) is 0 Å². The van der Waals surface area contributed by atoms with Crippen molar-refractivity contribution in [2.75, 3.05) is 50.7 Å². The van der Waals surface area contributed by atoms with E-state index >= 15 is 0 Å². The molecule has 1 heterocycles. The Hall–Kier alpha value is -1.82. The fourth-order valence-corrected chi connectivity index (χ4v) is 3.02. The number of likely N-dealkylation sites (N-methyl/N-ethyl adjacent to an activating group) is 1. The van der Waals surface area contributed by atoms with Crippen molar-refractivity contribution in [3.8, 4) is 0 Å². The van der Waals surface area contributed by atoms with Gasteiger partial charge in [0.1, 0.15) is 5.82 Å². The maximum atomic E-state index is 14.6. The minimum absolute atomic E-state index is 0.150. The lowest BCUT2D eigenvalue weighted by Crippen LogP contribution is -2.46. The predicted molar refractivity (Wildman–Crippen MR) is 108 cm³/mol. The van der Waals surface area contributed by atoms with Crippen molar-refractivity contribution < 1.29 is 4.39 Å². The SMILES string of the molecule is CCNC(=NCc1ccc(N2CCN(CC)CC2)c(F)c1)NCC(C)C. The van der Waals surface area contributed by atoms with Crippen LogP contribution in [-0.2, 0) is 6.54 Å². The predicted octanol–water partition coefficient (Wildman–Crippen LogP) is 2.68. The third-order valence-electron chi connectivity index (χ3n) is 4.61. The number of halogens is 1. The van der Waals surface area contributed by atoms with Crippen molar-refractivity contribution in [2.45, 2.75) is 34.2 Å². The first-order chi connectivity index (χ1) is 12.5. The molecule has 0 amide bonds. The summed E-state index contributed by atoms with van der Waals surface area (Å²) in [6.45, 7) is 15.5. The highest BCUT2D eigenvalue weighted by molar-refractivity contribution is 5.79. The molecule has 0 bridgehead atoms. The molecule has 1 aliphatic rings. The van der Waals surface area contributed by atoms with Crippen LogP contribution in [0.5, 0.6) is 0 Å². The quantitative estimate of drug-likeness (QED) is 0.577. The van der Waals surface area contributed by atoms with Gasteiger partial charge in [0.05, 0.1) is 12.2 Å². The zero-order valence-corrected chi connectivity index (χ0v) is 16.7. The summed E-state index contributed by atoms with van der Waals surface area (Å²) in [5.41, 5.74) is 1.60. The molecule has 26 heavy (non-hydrogen) atoms. The Morgan fingerprint density at radius 2 is 1.88 bits per heavy atom. The van der Waals surface area contributed by atoms with E-state index in [0.717, 1.165) is 57.3 Å². The molecule has 1 aromatic carbocycles. The average Bonchev–Trinajstić information content (AvgIpc) is 2.64. The maximum absolute atomic E-state index is 14.6. The van der Waals surface area contributed by atoms with E-state index in [9.17, 15) is 4.39 Å². The molecule has 2 rings (SSSR count). The number of benzene rings is 1. The van der Waals surface area contributed by atoms with Crippen molar-refractivity contribution >= 4 is 11.6 Å². The van der Waals surface area contributed by atoms with Gasteiger partial charge < -0.3 is 20.4 Å². The largest absolute Gasteiger partial charge is 0.367 e. The van der Waals surface area contributed by atoms with Crippen LogP contribution in [0.3, 0.4) is 0 Å². The highest BCUT2D eigenvalue weighted by Gasteiger charge is 2.18. The van der Waals surface area contributed by atoms with Crippen LogP contribution in [0.15, 0.2) is 23.2 Å². The molecule has 1 fully saturated rings. The van der Waals surface area contributed by atoms with Gasteiger partial charge in [-0.05, 0) is 37.1 Å². The van der Waals surface area contributed by atoms with Crippen LogP contribution in [0.4, 0.5) is 10.1 Å². The highest BCUT2D eigenvalue weighted by atomic mass is 19.1. The molecule has 146 valence electrons. The highest BCUT2D eigenvalue weighted by Crippen LogP contribution is 2.22. The molecule has 0 aliphatic carbocycles. The summed E-state index contributed by atoms with van der Waals surface area (Å²) in [4.78, 5) is 9.10. The molecular weight excluding hydrogens is 329 g/mol. The average molecular weight is 364 g/mol. The van der Waals surface area contributed by atoms with Crippen molar-refractivity contribution in [3.63, 3.8) is 0 Å². The van der Waals surface area contributed by atoms with Crippen LogP contribution in [0.1, 0.15) is 33.3 Å². The Bertz CT molecular complexity index is 580. The van der Waals surface area contributed by atoms with E-state index in [1.165, 1.54) is 0 Å². The van der Waals surface area contributed by atoms with Gasteiger partial charge in [-0.25, -0.2) is 9.38 Å². The lowest BCUT2D eigenvalue weighted by atomic mass is 10.1.